The lowest BCUT2D eigenvalue weighted by atomic mass is 9.99. The average Bonchev–Trinajstić information content (AvgIpc) is 3.23. The Balaban J connectivity index is 1.63. The second-order valence-corrected chi connectivity index (χ2v) is 7.37. The average molecular weight is 348 g/mol. The first-order valence-electron chi connectivity index (χ1n) is 9.39. The number of urea groups is 1. The van der Waals surface area contributed by atoms with Crippen molar-refractivity contribution < 1.29 is 9.59 Å². The highest BCUT2D eigenvalue weighted by atomic mass is 16.2. The predicted octanol–water partition coefficient (Wildman–Crippen LogP) is 4.82. The molecule has 2 aromatic rings. The molecule has 0 radical (unpaired) electrons. The number of Topliss-reactive ketones (excluding diaryl/α,β-unsaturated/α-hetero) is 1. The Morgan fingerprint density at radius 3 is 2.19 bits per heavy atom. The van der Waals surface area contributed by atoms with Crippen LogP contribution in [0, 0.1) is 6.92 Å². The molecule has 134 valence electrons. The van der Waals surface area contributed by atoms with Crippen molar-refractivity contribution >= 4 is 23.2 Å². The summed E-state index contributed by atoms with van der Waals surface area (Å²) in [5.41, 5.74) is 8.42. The molecule has 4 heteroatoms. The third-order valence-corrected chi connectivity index (χ3v) is 5.58. The van der Waals surface area contributed by atoms with E-state index in [1.807, 2.05) is 19.1 Å². The molecule has 0 fully saturated rings. The zero-order chi connectivity index (χ0) is 18.3. The third kappa shape index (κ3) is 2.90. The van der Waals surface area contributed by atoms with Crippen LogP contribution in [0.1, 0.15) is 57.9 Å². The molecule has 4 rings (SSSR count). The minimum absolute atomic E-state index is 0.0418. The summed E-state index contributed by atoms with van der Waals surface area (Å²) in [6.45, 7) is 3.42. The molecule has 2 amide bonds. The number of rotatable bonds is 3. The Hall–Kier alpha value is -2.62. The Morgan fingerprint density at radius 1 is 0.923 bits per heavy atom. The predicted molar refractivity (Wildman–Crippen MR) is 104 cm³/mol. The molecule has 0 aliphatic heterocycles. The van der Waals surface area contributed by atoms with Crippen LogP contribution in [0.25, 0.3) is 0 Å². The minimum atomic E-state index is -0.271. The first-order valence-corrected chi connectivity index (χ1v) is 9.39. The molecule has 0 saturated heterocycles. The van der Waals surface area contributed by atoms with Crippen LogP contribution in [-0.2, 0) is 25.7 Å². The van der Waals surface area contributed by atoms with Gasteiger partial charge in [0.05, 0.1) is 5.69 Å². The fourth-order valence-corrected chi connectivity index (χ4v) is 4.47. The molecule has 0 bridgehead atoms. The van der Waals surface area contributed by atoms with Gasteiger partial charge in [0, 0.05) is 11.3 Å². The molecule has 0 aromatic heterocycles. The van der Waals surface area contributed by atoms with Gasteiger partial charge in [-0.15, -0.1) is 0 Å². The quantitative estimate of drug-likeness (QED) is 0.781. The lowest BCUT2D eigenvalue weighted by Crippen LogP contribution is -2.22. The molecule has 0 atom stereocenters. The molecule has 2 aliphatic carbocycles. The number of amides is 2. The normalized spacial score (nSPS) is 14.7. The van der Waals surface area contributed by atoms with Crippen molar-refractivity contribution in [2.45, 2.75) is 52.4 Å². The van der Waals surface area contributed by atoms with Crippen molar-refractivity contribution in [3.63, 3.8) is 0 Å². The number of benzene rings is 2. The van der Waals surface area contributed by atoms with E-state index in [4.69, 9.17) is 0 Å². The highest BCUT2D eigenvalue weighted by Crippen LogP contribution is 2.38. The van der Waals surface area contributed by atoms with E-state index in [-0.39, 0.29) is 11.8 Å². The minimum Gasteiger partial charge on any atom is -0.307 e. The second-order valence-electron chi connectivity index (χ2n) is 7.37. The van der Waals surface area contributed by atoms with Crippen LogP contribution in [0.3, 0.4) is 0 Å². The summed E-state index contributed by atoms with van der Waals surface area (Å²) in [5.74, 6) is -0.0418. The van der Waals surface area contributed by atoms with E-state index >= 15 is 0 Å². The topological polar surface area (TPSA) is 58.2 Å². The number of hydrogen-bond donors (Lipinski definition) is 2. The Labute approximate surface area is 154 Å². The summed E-state index contributed by atoms with van der Waals surface area (Å²) in [6.07, 6.45) is 6.57. The van der Waals surface area contributed by atoms with Gasteiger partial charge in [-0.3, -0.25) is 4.79 Å². The van der Waals surface area contributed by atoms with Crippen LogP contribution in [-0.4, -0.2) is 11.8 Å². The number of fused-ring (bicyclic) bond motifs is 2. The maximum Gasteiger partial charge on any atom is 0.323 e. The molecule has 0 unspecified atom stereocenters. The molecule has 4 nitrogen and oxygen atoms in total. The SMILES string of the molecule is CC(=O)c1c(C)cccc1NC(=O)Nc1c2c(cc3c1CCC3)CCC2. The summed E-state index contributed by atoms with van der Waals surface area (Å²) in [7, 11) is 0. The molecule has 2 N–H and O–H groups in total. The number of anilines is 2. The lowest BCUT2D eigenvalue weighted by Gasteiger charge is -2.17. The van der Waals surface area contributed by atoms with Crippen molar-refractivity contribution in [1.29, 1.82) is 0 Å². The monoisotopic (exact) mass is 348 g/mol. The Morgan fingerprint density at radius 2 is 1.58 bits per heavy atom. The molecule has 0 saturated carbocycles. The smallest absolute Gasteiger partial charge is 0.307 e. The van der Waals surface area contributed by atoms with Crippen LogP contribution >= 0.6 is 0 Å². The maximum atomic E-state index is 12.7. The summed E-state index contributed by atoms with van der Waals surface area (Å²) in [5, 5.41) is 6.01. The van der Waals surface area contributed by atoms with Crippen molar-refractivity contribution in [3.05, 3.63) is 57.6 Å². The standard InChI is InChI=1S/C22H24N2O2/c1-13-6-3-11-19(20(13)14(2)25)23-22(26)24-21-17-9-4-7-15(17)12-16-8-5-10-18(16)21/h3,6,11-12H,4-5,7-10H2,1-2H3,(H2,23,24,26). The van der Waals surface area contributed by atoms with E-state index in [9.17, 15) is 9.59 Å². The van der Waals surface area contributed by atoms with Crippen molar-refractivity contribution in [2.24, 2.45) is 0 Å². The molecular weight excluding hydrogens is 324 g/mol. The van der Waals surface area contributed by atoms with Crippen LogP contribution in [0.15, 0.2) is 24.3 Å². The van der Waals surface area contributed by atoms with Gasteiger partial charge in [-0.2, -0.15) is 0 Å². The van der Waals surface area contributed by atoms with E-state index in [2.05, 4.69) is 16.7 Å². The summed E-state index contributed by atoms with van der Waals surface area (Å²) in [6, 6.07) is 7.60. The first kappa shape index (κ1) is 16.8. The summed E-state index contributed by atoms with van der Waals surface area (Å²) >= 11 is 0. The van der Waals surface area contributed by atoms with E-state index in [1.54, 1.807) is 6.07 Å². The summed E-state index contributed by atoms with van der Waals surface area (Å²) < 4.78 is 0. The molecule has 0 spiro atoms. The van der Waals surface area contributed by atoms with Gasteiger partial charge < -0.3 is 10.6 Å². The fourth-order valence-electron chi connectivity index (χ4n) is 4.47. The zero-order valence-corrected chi connectivity index (χ0v) is 15.4. The van der Waals surface area contributed by atoms with Crippen molar-refractivity contribution in [2.75, 3.05) is 10.6 Å². The molecule has 2 aliphatic rings. The van der Waals surface area contributed by atoms with Gasteiger partial charge in [0.25, 0.3) is 0 Å². The Bertz CT molecular complexity index is 883. The van der Waals surface area contributed by atoms with Crippen LogP contribution in [0.2, 0.25) is 0 Å². The molecule has 0 heterocycles. The van der Waals surface area contributed by atoms with Crippen molar-refractivity contribution in [1.82, 2.24) is 0 Å². The fraction of sp³-hybridized carbons (Fsp3) is 0.364. The number of carbonyl (C=O) groups is 2. The van der Waals surface area contributed by atoms with Gasteiger partial charge in [0.15, 0.2) is 5.78 Å². The van der Waals surface area contributed by atoms with Gasteiger partial charge in [-0.25, -0.2) is 4.79 Å². The van der Waals surface area contributed by atoms with Gasteiger partial charge in [-0.05, 0) is 86.3 Å². The lowest BCUT2D eigenvalue weighted by molar-refractivity contribution is 0.101. The molecule has 26 heavy (non-hydrogen) atoms. The van der Waals surface area contributed by atoms with Gasteiger partial charge in [0.2, 0.25) is 0 Å². The van der Waals surface area contributed by atoms with Gasteiger partial charge in [0.1, 0.15) is 0 Å². The van der Waals surface area contributed by atoms with E-state index in [0.29, 0.717) is 11.3 Å². The zero-order valence-electron chi connectivity index (χ0n) is 15.4. The highest BCUT2D eigenvalue weighted by molar-refractivity contribution is 6.07. The molecular formula is C22H24N2O2. The molecule has 2 aromatic carbocycles. The number of aryl methyl sites for hydroxylation is 3. The van der Waals surface area contributed by atoms with Crippen LogP contribution in [0.5, 0.6) is 0 Å². The van der Waals surface area contributed by atoms with E-state index in [0.717, 1.165) is 49.8 Å². The van der Waals surface area contributed by atoms with Gasteiger partial charge in [-0.1, -0.05) is 18.2 Å². The van der Waals surface area contributed by atoms with E-state index in [1.165, 1.54) is 29.2 Å². The number of carbonyl (C=O) groups excluding carboxylic acids is 2. The highest BCUT2D eigenvalue weighted by Gasteiger charge is 2.25. The number of ketones is 1. The number of nitrogens with one attached hydrogen (secondary N) is 2. The second kappa shape index (κ2) is 6.60. The number of hydrogen-bond acceptors (Lipinski definition) is 2. The van der Waals surface area contributed by atoms with E-state index < -0.39 is 0 Å². The van der Waals surface area contributed by atoms with Gasteiger partial charge >= 0.3 is 6.03 Å². The largest absolute Gasteiger partial charge is 0.323 e. The first-order chi connectivity index (χ1) is 12.5. The Kier molecular flexibility index (Phi) is 4.27. The van der Waals surface area contributed by atoms with Crippen molar-refractivity contribution in [3.8, 4) is 0 Å². The van der Waals surface area contributed by atoms with Crippen LogP contribution in [0.4, 0.5) is 16.2 Å². The van der Waals surface area contributed by atoms with Crippen LogP contribution < -0.4 is 10.6 Å². The summed E-state index contributed by atoms with van der Waals surface area (Å²) in [4.78, 5) is 24.7. The third-order valence-electron chi connectivity index (χ3n) is 5.58. The maximum absolute atomic E-state index is 12.7.